The second-order valence-corrected chi connectivity index (χ2v) is 6.12. The van der Waals surface area contributed by atoms with Crippen LogP contribution >= 0.6 is 0 Å². The van der Waals surface area contributed by atoms with Crippen molar-refractivity contribution < 1.29 is 8.78 Å². The minimum absolute atomic E-state index is 0.0459. The third-order valence-corrected chi connectivity index (χ3v) is 3.75. The van der Waals surface area contributed by atoms with Crippen molar-refractivity contribution in [2.24, 2.45) is 5.92 Å². The smallest absolute Gasteiger partial charge is 0.126 e. The van der Waals surface area contributed by atoms with E-state index in [4.69, 9.17) is 0 Å². The molecule has 2 nitrogen and oxygen atoms in total. The zero-order valence-electron chi connectivity index (χ0n) is 11.5. The molecule has 2 atom stereocenters. The molecule has 1 heterocycles. The van der Waals surface area contributed by atoms with Crippen molar-refractivity contribution in [2.45, 2.75) is 32.2 Å². The van der Waals surface area contributed by atoms with Crippen LogP contribution in [0.4, 0.5) is 8.78 Å². The van der Waals surface area contributed by atoms with Crippen molar-refractivity contribution in [2.75, 3.05) is 13.1 Å². The number of nitrogens with zero attached hydrogens (tertiary/aromatic N) is 2. The van der Waals surface area contributed by atoms with E-state index >= 15 is 0 Å². The highest BCUT2D eigenvalue weighted by atomic mass is 19.1. The largest absolute Gasteiger partial charge is 0.297 e. The number of hydrogen-bond acceptors (Lipinski definition) is 2. The van der Waals surface area contributed by atoms with Crippen LogP contribution in [0.1, 0.15) is 32.3 Å². The summed E-state index contributed by atoms with van der Waals surface area (Å²) in [4.78, 5) is 2.19. The van der Waals surface area contributed by atoms with Crippen molar-refractivity contribution in [3.63, 3.8) is 0 Å². The Morgan fingerprint density at radius 3 is 2.21 bits per heavy atom. The SMILES string of the molecule is CC(C)(C)N1C[C@@H](C#N)[C@H](c2cc(F)cc(F)c2)C1. The molecule has 0 N–H and O–H groups in total. The van der Waals surface area contributed by atoms with Gasteiger partial charge in [-0.25, -0.2) is 8.78 Å². The van der Waals surface area contributed by atoms with Crippen molar-refractivity contribution in [1.29, 1.82) is 5.26 Å². The number of likely N-dealkylation sites (tertiary alicyclic amines) is 1. The molecular weight excluding hydrogens is 246 g/mol. The summed E-state index contributed by atoms with van der Waals surface area (Å²) in [7, 11) is 0. The Kier molecular flexibility index (Phi) is 3.60. The first-order chi connectivity index (χ1) is 8.81. The van der Waals surface area contributed by atoms with Gasteiger partial charge in [-0.15, -0.1) is 0 Å². The molecule has 1 aromatic rings. The maximum atomic E-state index is 13.3. The highest BCUT2D eigenvalue weighted by molar-refractivity contribution is 5.26. The Labute approximate surface area is 112 Å². The van der Waals surface area contributed by atoms with Crippen LogP contribution in [0, 0.1) is 28.9 Å². The average molecular weight is 264 g/mol. The summed E-state index contributed by atoms with van der Waals surface area (Å²) in [5.41, 5.74) is 0.534. The van der Waals surface area contributed by atoms with Gasteiger partial charge in [-0.1, -0.05) is 0 Å². The molecule has 0 saturated carbocycles. The average Bonchev–Trinajstić information content (AvgIpc) is 2.71. The molecule has 1 aliphatic rings. The van der Waals surface area contributed by atoms with E-state index in [9.17, 15) is 14.0 Å². The third-order valence-electron chi connectivity index (χ3n) is 3.75. The maximum Gasteiger partial charge on any atom is 0.126 e. The van der Waals surface area contributed by atoms with Crippen LogP contribution in [-0.2, 0) is 0 Å². The lowest BCUT2D eigenvalue weighted by atomic mass is 9.90. The number of benzene rings is 1. The fourth-order valence-electron chi connectivity index (χ4n) is 2.61. The van der Waals surface area contributed by atoms with Crippen LogP contribution in [0.3, 0.4) is 0 Å². The van der Waals surface area contributed by atoms with E-state index in [1.165, 1.54) is 12.1 Å². The Bertz CT molecular complexity index is 494. The van der Waals surface area contributed by atoms with E-state index < -0.39 is 11.6 Å². The van der Waals surface area contributed by atoms with Gasteiger partial charge in [0, 0.05) is 30.6 Å². The lowest BCUT2D eigenvalue weighted by Crippen LogP contribution is -2.39. The molecule has 4 heteroatoms. The summed E-state index contributed by atoms with van der Waals surface area (Å²) in [6.07, 6.45) is 0. The summed E-state index contributed by atoms with van der Waals surface area (Å²) < 4.78 is 26.6. The van der Waals surface area contributed by atoms with Crippen molar-refractivity contribution in [3.8, 4) is 6.07 Å². The maximum absolute atomic E-state index is 13.3. The van der Waals surface area contributed by atoms with Gasteiger partial charge >= 0.3 is 0 Å². The molecular formula is C15H18F2N2. The molecule has 1 saturated heterocycles. The minimum atomic E-state index is -0.583. The van der Waals surface area contributed by atoms with Crippen LogP contribution in [0.2, 0.25) is 0 Å². The number of hydrogen-bond donors (Lipinski definition) is 0. The molecule has 19 heavy (non-hydrogen) atoms. The van der Waals surface area contributed by atoms with E-state index in [-0.39, 0.29) is 17.4 Å². The van der Waals surface area contributed by atoms with Gasteiger partial charge in [0.25, 0.3) is 0 Å². The van der Waals surface area contributed by atoms with E-state index in [0.29, 0.717) is 18.7 Å². The number of halogens is 2. The number of rotatable bonds is 1. The topological polar surface area (TPSA) is 27.0 Å². The van der Waals surface area contributed by atoms with Crippen molar-refractivity contribution in [3.05, 3.63) is 35.4 Å². The predicted molar refractivity (Wildman–Crippen MR) is 69.5 cm³/mol. The second kappa shape index (κ2) is 4.90. The number of nitriles is 1. The summed E-state index contributed by atoms with van der Waals surface area (Å²) in [5, 5.41) is 9.26. The van der Waals surface area contributed by atoms with Crippen molar-refractivity contribution in [1.82, 2.24) is 4.90 Å². The molecule has 1 aromatic carbocycles. The van der Waals surface area contributed by atoms with Crippen LogP contribution in [-0.4, -0.2) is 23.5 Å². The summed E-state index contributed by atoms with van der Waals surface area (Å²) in [6, 6.07) is 5.80. The van der Waals surface area contributed by atoms with Gasteiger partial charge in [0.2, 0.25) is 0 Å². The Hall–Kier alpha value is -1.47. The molecule has 1 aliphatic heterocycles. The Morgan fingerprint density at radius 1 is 1.16 bits per heavy atom. The highest BCUT2D eigenvalue weighted by Crippen LogP contribution is 2.36. The third kappa shape index (κ3) is 2.93. The zero-order chi connectivity index (χ0) is 14.2. The molecule has 0 aromatic heterocycles. The molecule has 0 bridgehead atoms. The molecule has 0 amide bonds. The van der Waals surface area contributed by atoms with Gasteiger partial charge in [0.1, 0.15) is 11.6 Å². The van der Waals surface area contributed by atoms with Gasteiger partial charge in [0.05, 0.1) is 12.0 Å². The van der Waals surface area contributed by atoms with Gasteiger partial charge < -0.3 is 0 Å². The Morgan fingerprint density at radius 2 is 1.74 bits per heavy atom. The summed E-state index contributed by atoms with van der Waals surface area (Å²) in [6.45, 7) is 7.54. The molecule has 0 unspecified atom stereocenters. The fourth-order valence-corrected chi connectivity index (χ4v) is 2.61. The minimum Gasteiger partial charge on any atom is -0.297 e. The lowest BCUT2D eigenvalue weighted by molar-refractivity contribution is 0.170. The first-order valence-electron chi connectivity index (χ1n) is 6.42. The normalized spacial score (nSPS) is 24.4. The molecule has 0 aliphatic carbocycles. The van der Waals surface area contributed by atoms with Crippen LogP contribution in [0.25, 0.3) is 0 Å². The van der Waals surface area contributed by atoms with E-state index in [2.05, 4.69) is 31.7 Å². The van der Waals surface area contributed by atoms with Gasteiger partial charge in [-0.2, -0.15) is 5.26 Å². The monoisotopic (exact) mass is 264 g/mol. The molecule has 1 fully saturated rings. The summed E-state index contributed by atoms with van der Waals surface area (Å²) in [5.74, 6) is -1.52. The molecule has 0 radical (unpaired) electrons. The summed E-state index contributed by atoms with van der Waals surface area (Å²) >= 11 is 0. The van der Waals surface area contributed by atoms with Crippen LogP contribution in [0.5, 0.6) is 0 Å². The van der Waals surface area contributed by atoms with Gasteiger partial charge in [-0.3, -0.25) is 4.90 Å². The molecule has 102 valence electrons. The predicted octanol–water partition coefficient (Wildman–Crippen LogP) is 3.30. The first-order valence-corrected chi connectivity index (χ1v) is 6.42. The molecule has 2 rings (SSSR count). The van der Waals surface area contributed by atoms with Crippen LogP contribution < -0.4 is 0 Å². The molecule has 0 spiro atoms. The van der Waals surface area contributed by atoms with E-state index in [1.54, 1.807) is 0 Å². The standard InChI is InChI=1S/C15H18F2N2/c1-15(2,3)19-8-11(7-18)14(9-19)10-4-12(16)6-13(17)5-10/h4-6,11,14H,8-9H2,1-3H3/t11-,14+/m1/s1. The van der Waals surface area contributed by atoms with E-state index in [1.807, 2.05) is 0 Å². The highest BCUT2D eigenvalue weighted by Gasteiger charge is 2.38. The van der Waals surface area contributed by atoms with Gasteiger partial charge in [-0.05, 0) is 38.5 Å². The van der Waals surface area contributed by atoms with Crippen LogP contribution in [0.15, 0.2) is 18.2 Å². The van der Waals surface area contributed by atoms with Gasteiger partial charge in [0.15, 0.2) is 0 Å². The fraction of sp³-hybridized carbons (Fsp3) is 0.533. The van der Waals surface area contributed by atoms with E-state index in [0.717, 1.165) is 6.07 Å². The Balaban J connectivity index is 2.31. The second-order valence-electron chi connectivity index (χ2n) is 6.12. The van der Waals surface area contributed by atoms with Crippen molar-refractivity contribution >= 4 is 0 Å². The quantitative estimate of drug-likeness (QED) is 0.778. The first kappa shape index (κ1) is 14.0. The zero-order valence-corrected chi connectivity index (χ0v) is 11.5. The lowest BCUT2D eigenvalue weighted by Gasteiger charge is -2.31.